The number of nitrogens with zero attached hydrogens (tertiary/aromatic N) is 4. The molecule has 3 aromatic rings. The van der Waals surface area contributed by atoms with Crippen molar-refractivity contribution >= 4 is 10.0 Å². The first kappa shape index (κ1) is 25.2. The van der Waals surface area contributed by atoms with Crippen molar-refractivity contribution in [3.63, 3.8) is 0 Å². The summed E-state index contributed by atoms with van der Waals surface area (Å²) in [5, 5.41) is 9.83. The quantitative estimate of drug-likeness (QED) is 0.537. The molecule has 0 radical (unpaired) electrons. The first-order valence-corrected chi connectivity index (χ1v) is 13.1. The van der Waals surface area contributed by atoms with Gasteiger partial charge in [-0.25, -0.2) is 8.42 Å². The highest BCUT2D eigenvalue weighted by Crippen LogP contribution is 2.36. The molecule has 4 rings (SSSR count). The van der Waals surface area contributed by atoms with Crippen LogP contribution in [-0.2, 0) is 16.6 Å². The van der Waals surface area contributed by atoms with E-state index in [2.05, 4.69) is 14.9 Å². The highest BCUT2D eigenvalue weighted by Gasteiger charge is 2.38. The predicted octanol–water partition coefficient (Wildman–Crippen LogP) is 3.04. The molecule has 0 saturated heterocycles. The number of ether oxygens (including phenoxy) is 1. The van der Waals surface area contributed by atoms with Crippen molar-refractivity contribution in [1.82, 2.24) is 19.2 Å². The third-order valence-electron chi connectivity index (χ3n) is 6.33. The molecule has 0 fully saturated rings. The van der Waals surface area contributed by atoms with Crippen molar-refractivity contribution in [2.24, 2.45) is 5.92 Å². The number of aliphatic hydroxyl groups excluding tert-OH is 1. The van der Waals surface area contributed by atoms with Crippen molar-refractivity contribution < 1.29 is 18.3 Å². The smallest absolute Gasteiger partial charge is 0.247 e. The number of likely N-dealkylation sites (N-methyl/N-ethyl adjacent to an activating group) is 1. The molecule has 3 atom stereocenters. The summed E-state index contributed by atoms with van der Waals surface area (Å²) in [6.07, 6.45) is 6.75. The lowest BCUT2D eigenvalue weighted by molar-refractivity contribution is 0.0734. The maximum Gasteiger partial charge on any atom is 0.247 e. The van der Waals surface area contributed by atoms with Gasteiger partial charge in [0.1, 0.15) is 16.7 Å². The molecule has 0 saturated carbocycles. The molecule has 1 N–H and O–H groups in total. The van der Waals surface area contributed by atoms with Crippen LogP contribution in [-0.4, -0.2) is 71.6 Å². The largest absolute Gasteiger partial charge is 0.487 e. The molecule has 0 unspecified atom stereocenters. The van der Waals surface area contributed by atoms with E-state index in [9.17, 15) is 13.5 Å². The van der Waals surface area contributed by atoms with Gasteiger partial charge in [0.2, 0.25) is 10.0 Å². The lowest BCUT2D eigenvalue weighted by atomic mass is 10.0. The van der Waals surface area contributed by atoms with E-state index in [0.29, 0.717) is 18.8 Å². The fourth-order valence-corrected chi connectivity index (χ4v) is 6.16. The zero-order valence-electron chi connectivity index (χ0n) is 20.3. The molecule has 0 amide bonds. The Kier molecular flexibility index (Phi) is 7.81. The Balaban J connectivity index is 1.72. The van der Waals surface area contributed by atoms with Crippen LogP contribution in [0.4, 0.5) is 0 Å². The van der Waals surface area contributed by atoms with Crippen LogP contribution in [0.1, 0.15) is 19.4 Å². The summed E-state index contributed by atoms with van der Waals surface area (Å²) in [5.74, 6) is 0.193. The standard InChI is InChI=1S/C26H32N4O4S/c1-19-15-30(20(2)18-31)35(32,33)26-9-8-22(23-7-5-11-28-14-23)12-24(26)34-25(19)17-29(3)16-21-6-4-10-27-13-21/h4-14,19-20,25,31H,15-18H2,1-3H3/t19-,20-,25-/m1/s1. The Hall–Kier alpha value is -2.85. The van der Waals surface area contributed by atoms with Crippen LogP contribution >= 0.6 is 0 Å². The number of rotatable bonds is 7. The van der Waals surface area contributed by atoms with Gasteiger partial charge in [-0.3, -0.25) is 14.9 Å². The highest BCUT2D eigenvalue weighted by molar-refractivity contribution is 7.89. The lowest BCUT2D eigenvalue weighted by Crippen LogP contribution is -2.49. The molecule has 1 aliphatic rings. The second kappa shape index (κ2) is 10.8. The van der Waals surface area contributed by atoms with Gasteiger partial charge in [0.15, 0.2) is 0 Å². The topological polar surface area (TPSA) is 95.9 Å². The number of aromatic nitrogens is 2. The van der Waals surface area contributed by atoms with Crippen LogP contribution in [0.2, 0.25) is 0 Å². The average molecular weight is 497 g/mol. The molecule has 0 spiro atoms. The third-order valence-corrected chi connectivity index (χ3v) is 8.35. The van der Waals surface area contributed by atoms with E-state index in [1.165, 1.54) is 4.31 Å². The monoisotopic (exact) mass is 496 g/mol. The summed E-state index contributed by atoms with van der Waals surface area (Å²) in [4.78, 5) is 10.6. The maximum absolute atomic E-state index is 13.6. The molecule has 0 aliphatic carbocycles. The van der Waals surface area contributed by atoms with Crippen molar-refractivity contribution in [2.45, 2.75) is 37.4 Å². The van der Waals surface area contributed by atoms with E-state index in [1.807, 2.05) is 44.4 Å². The molecule has 2 aromatic heterocycles. The number of hydrogen-bond donors (Lipinski definition) is 1. The summed E-state index contributed by atoms with van der Waals surface area (Å²) in [5.41, 5.74) is 2.78. The maximum atomic E-state index is 13.6. The zero-order valence-corrected chi connectivity index (χ0v) is 21.1. The van der Waals surface area contributed by atoms with Crippen LogP contribution in [0.5, 0.6) is 5.75 Å². The fourth-order valence-electron chi connectivity index (χ4n) is 4.33. The fraction of sp³-hybridized carbons (Fsp3) is 0.385. The van der Waals surface area contributed by atoms with Crippen LogP contribution in [0.3, 0.4) is 0 Å². The Bertz CT molecular complexity index is 1220. The summed E-state index contributed by atoms with van der Waals surface area (Å²) < 4.78 is 35.2. The van der Waals surface area contributed by atoms with E-state index < -0.39 is 16.1 Å². The first-order chi connectivity index (χ1) is 16.8. The molecule has 3 heterocycles. The summed E-state index contributed by atoms with van der Waals surface area (Å²) >= 11 is 0. The number of aliphatic hydroxyl groups is 1. The second-order valence-electron chi connectivity index (χ2n) is 9.20. The zero-order chi connectivity index (χ0) is 25.0. The van der Waals surface area contributed by atoms with Gasteiger partial charge in [0, 0.05) is 61.9 Å². The van der Waals surface area contributed by atoms with Crippen LogP contribution in [0.25, 0.3) is 11.1 Å². The van der Waals surface area contributed by atoms with Crippen molar-refractivity contribution in [3.8, 4) is 16.9 Å². The number of fused-ring (bicyclic) bond motifs is 1. The van der Waals surface area contributed by atoms with E-state index in [0.717, 1.165) is 16.7 Å². The molecular weight excluding hydrogens is 464 g/mol. The number of pyridine rings is 2. The van der Waals surface area contributed by atoms with Gasteiger partial charge < -0.3 is 9.84 Å². The van der Waals surface area contributed by atoms with Gasteiger partial charge in [-0.2, -0.15) is 4.31 Å². The van der Waals surface area contributed by atoms with Crippen molar-refractivity contribution in [2.75, 3.05) is 26.7 Å². The number of sulfonamides is 1. The third kappa shape index (κ3) is 5.70. The molecule has 8 nitrogen and oxygen atoms in total. The summed E-state index contributed by atoms with van der Waals surface area (Å²) in [7, 11) is -1.86. The average Bonchev–Trinajstić information content (AvgIpc) is 2.86. The Morgan fingerprint density at radius 2 is 1.89 bits per heavy atom. The van der Waals surface area contributed by atoms with Gasteiger partial charge in [-0.05, 0) is 49.4 Å². The van der Waals surface area contributed by atoms with Crippen molar-refractivity contribution in [3.05, 3.63) is 72.8 Å². The SMILES string of the molecule is C[C@@H]1CN([C@H](C)CO)S(=O)(=O)c2ccc(-c3cccnc3)cc2O[C@@H]1CN(C)Cc1cccnc1. The molecule has 1 aromatic carbocycles. The normalized spacial score (nSPS) is 20.9. The minimum Gasteiger partial charge on any atom is -0.487 e. The van der Waals surface area contributed by atoms with E-state index in [-0.39, 0.29) is 30.1 Å². The van der Waals surface area contributed by atoms with Gasteiger partial charge in [0.25, 0.3) is 0 Å². The molecule has 186 valence electrons. The van der Waals surface area contributed by atoms with Crippen molar-refractivity contribution in [1.29, 1.82) is 0 Å². The molecule has 35 heavy (non-hydrogen) atoms. The second-order valence-corrected chi connectivity index (χ2v) is 11.1. The lowest BCUT2D eigenvalue weighted by Gasteiger charge is -2.37. The van der Waals surface area contributed by atoms with Crippen LogP contribution < -0.4 is 4.74 Å². The minimum absolute atomic E-state index is 0.109. The Labute approximate surface area is 207 Å². The molecule has 9 heteroatoms. The molecular formula is C26H32N4O4S. The van der Waals surface area contributed by atoms with Gasteiger partial charge >= 0.3 is 0 Å². The van der Waals surface area contributed by atoms with Crippen LogP contribution in [0.15, 0.2) is 72.1 Å². The van der Waals surface area contributed by atoms with Gasteiger partial charge in [0.05, 0.1) is 6.61 Å². The first-order valence-electron chi connectivity index (χ1n) is 11.7. The predicted molar refractivity (Wildman–Crippen MR) is 134 cm³/mol. The van der Waals surface area contributed by atoms with Crippen LogP contribution in [0, 0.1) is 5.92 Å². The highest BCUT2D eigenvalue weighted by atomic mass is 32.2. The number of hydrogen-bond acceptors (Lipinski definition) is 7. The Morgan fingerprint density at radius 1 is 1.14 bits per heavy atom. The van der Waals surface area contributed by atoms with Gasteiger partial charge in [-0.1, -0.05) is 25.1 Å². The molecule has 1 aliphatic heterocycles. The molecule has 0 bridgehead atoms. The number of benzene rings is 1. The Morgan fingerprint density at radius 3 is 2.54 bits per heavy atom. The van der Waals surface area contributed by atoms with E-state index >= 15 is 0 Å². The minimum atomic E-state index is -3.88. The van der Waals surface area contributed by atoms with Gasteiger partial charge in [-0.15, -0.1) is 0 Å². The van der Waals surface area contributed by atoms with E-state index in [4.69, 9.17) is 4.74 Å². The van der Waals surface area contributed by atoms with E-state index in [1.54, 1.807) is 43.7 Å². The summed E-state index contributed by atoms with van der Waals surface area (Å²) in [6, 6.07) is 12.3. The summed E-state index contributed by atoms with van der Waals surface area (Å²) in [6.45, 7) is 4.98.